The largest absolute Gasteiger partial charge is 0.504 e. The van der Waals surface area contributed by atoms with Crippen LogP contribution in [-0.2, 0) is 4.79 Å². The quantitative estimate of drug-likeness (QED) is 0.596. The van der Waals surface area contributed by atoms with Crippen molar-refractivity contribution >= 4 is 11.9 Å². The van der Waals surface area contributed by atoms with Crippen LogP contribution in [0.3, 0.4) is 0 Å². The summed E-state index contributed by atoms with van der Waals surface area (Å²) in [6.07, 6.45) is 0. The maximum absolute atomic E-state index is 11.8. The summed E-state index contributed by atoms with van der Waals surface area (Å²) in [6, 6.07) is 4.32. The van der Waals surface area contributed by atoms with Crippen molar-refractivity contribution < 1.29 is 29.6 Å². The number of carbonyl (C=O) groups excluding carboxylic acids is 1. The molecule has 1 unspecified atom stereocenters. The van der Waals surface area contributed by atoms with Crippen LogP contribution >= 0.6 is 0 Å². The first kappa shape index (κ1) is 14.8. The number of methoxy groups -OCH3 is 1. The molecule has 0 aromatic heterocycles. The Bertz CT molecular complexity index is 497. The van der Waals surface area contributed by atoms with E-state index in [0.717, 1.165) is 6.92 Å². The van der Waals surface area contributed by atoms with E-state index in [-0.39, 0.29) is 17.1 Å². The van der Waals surface area contributed by atoms with Gasteiger partial charge in [0.1, 0.15) is 0 Å². The van der Waals surface area contributed by atoms with Crippen molar-refractivity contribution in [2.75, 3.05) is 13.7 Å². The topological polar surface area (TPSA) is 116 Å². The number of aliphatic carboxylic acids is 1. The van der Waals surface area contributed by atoms with E-state index in [2.05, 4.69) is 5.32 Å². The molecule has 0 radical (unpaired) electrons. The Hall–Kier alpha value is -2.28. The molecule has 0 heterocycles. The van der Waals surface area contributed by atoms with Crippen molar-refractivity contribution in [2.45, 2.75) is 12.5 Å². The second-order valence-electron chi connectivity index (χ2n) is 4.12. The molecule has 0 fully saturated rings. The maximum atomic E-state index is 11.8. The molecule has 0 saturated carbocycles. The van der Waals surface area contributed by atoms with E-state index in [4.69, 9.17) is 9.84 Å². The minimum absolute atomic E-state index is 0.0689. The van der Waals surface area contributed by atoms with E-state index in [1.54, 1.807) is 0 Å². The van der Waals surface area contributed by atoms with Crippen molar-refractivity contribution in [2.24, 2.45) is 0 Å². The molecule has 1 amide bonds. The molecular weight excluding hydrogens is 254 g/mol. The van der Waals surface area contributed by atoms with Crippen LogP contribution < -0.4 is 10.1 Å². The minimum Gasteiger partial charge on any atom is -0.504 e. The number of carboxylic acid groups (broad SMARTS) is 1. The van der Waals surface area contributed by atoms with Gasteiger partial charge in [-0.15, -0.1) is 0 Å². The number of nitrogens with one attached hydrogen (secondary N) is 1. The van der Waals surface area contributed by atoms with Crippen LogP contribution in [0.4, 0.5) is 0 Å². The number of carbonyl (C=O) groups is 2. The zero-order valence-electron chi connectivity index (χ0n) is 10.5. The second-order valence-corrected chi connectivity index (χ2v) is 4.12. The first-order valence-corrected chi connectivity index (χ1v) is 5.39. The summed E-state index contributed by atoms with van der Waals surface area (Å²) < 4.78 is 4.85. The zero-order chi connectivity index (χ0) is 14.6. The SMILES string of the molecule is COc1cccc(C(=O)NCC(C)(O)C(=O)O)c1O. The highest BCUT2D eigenvalue weighted by atomic mass is 16.5. The predicted molar refractivity (Wildman–Crippen MR) is 65.3 cm³/mol. The average molecular weight is 269 g/mol. The summed E-state index contributed by atoms with van der Waals surface area (Å²) in [5.41, 5.74) is -2.15. The van der Waals surface area contributed by atoms with Crippen molar-refractivity contribution in [3.8, 4) is 11.5 Å². The monoisotopic (exact) mass is 269 g/mol. The number of rotatable bonds is 5. The van der Waals surface area contributed by atoms with Crippen molar-refractivity contribution in [1.82, 2.24) is 5.32 Å². The van der Waals surface area contributed by atoms with Crippen LogP contribution in [0.1, 0.15) is 17.3 Å². The number of hydrogen-bond donors (Lipinski definition) is 4. The molecule has 19 heavy (non-hydrogen) atoms. The second kappa shape index (κ2) is 5.57. The molecule has 7 nitrogen and oxygen atoms in total. The molecule has 0 saturated heterocycles. The molecule has 1 aromatic carbocycles. The van der Waals surface area contributed by atoms with Gasteiger partial charge in [-0.25, -0.2) is 4.79 Å². The third-order valence-electron chi connectivity index (χ3n) is 2.52. The molecule has 0 spiro atoms. The Balaban J connectivity index is 2.83. The minimum atomic E-state index is -2.08. The van der Waals surface area contributed by atoms with Gasteiger partial charge in [-0.2, -0.15) is 0 Å². The van der Waals surface area contributed by atoms with E-state index in [9.17, 15) is 19.8 Å². The van der Waals surface area contributed by atoms with Gasteiger partial charge in [-0.05, 0) is 19.1 Å². The summed E-state index contributed by atoms with van der Waals surface area (Å²) in [7, 11) is 1.34. The van der Waals surface area contributed by atoms with Gasteiger partial charge in [0.25, 0.3) is 5.91 Å². The lowest BCUT2D eigenvalue weighted by molar-refractivity contribution is -0.155. The lowest BCUT2D eigenvalue weighted by Crippen LogP contribution is -2.46. The fraction of sp³-hybridized carbons (Fsp3) is 0.333. The number of phenolic OH excluding ortho intramolecular Hbond substituents is 1. The maximum Gasteiger partial charge on any atom is 0.337 e. The van der Waals surface area contributed by atoms with Gasteiger partial charge in [-0.1, -0.05) is 6.07 Å². The molecule has 1 atom stereocenters. The Morgan fingerprint density at radius 1 is 1.42 bits per heavy atom. The summed E-state index contributed by atoms with van der Waals surface area (Å²) in [5, 5.41) is 30.1. The molecule has 1 rings (SSSR count). The van der Waals surface area contributed by atoms with E-state index in [0.29, 0.717) is 0 Å². The highest BCUT2D eigenvalue weighted by molar-refractivity contribution is 5.98. The molecule has 1 aromatic rings. The van der Waals surface area contributed by atoms with Crippen LogP contribution in [0.15, 0.2) is 18.2 Å². The first-order chi connectivity index (χ1) is 8.79. The van der Waals surface area contributed by atoms with Crippen LogP contribution in [0, 0.1) is 0 Å². The van der Waals surface area contributed by atoms with Crippen LogP contribution in [0.25, 0.3) is 0 Å². The summed E-state index contributed by atoms with van der Waals surface area (Å²) >= 11 is 0. The van der Waals surface area contributed by atoms with Gasteiger partial charge in [0.2, 0.25) is 0 Å². The van der Waals surface area contributed by atoms with Gasteiger partial charge in [0, 0.05) is 0 Å². The average Bonchev–Trinajstić information content (AvgIpc) is 2.36. The van der Waals surface area contributed by atoms with Crippen molar-refractivity contribution in [1.29, 1.82) is 0 Å². The van der Waals surface area contributed by atoms with Crippen molar-refractivity contribution in [3.63, 3.8) is 0 Å². The first-order valence-electron chi connectivity index (χ1n) is 5.39. The summed E-state index contributed by atoms with van der Waals surface area (Å²) in [5.74, 6) is -2.39. The standard InChI is InChI=1S/C12H15NO6/c1-12(18,11(16)17)6-13-10(15)7-4-3-5-8(19-2)9(7)14/h3-5,14,18H,6H2,1-2H3,(H,13,15)(H,16,17). The number of aliphatic hydroxyl groups is 1. The fourth-order valence-electron chi connectivity index (χ4n) is 1.29. The fourth-order valence-corrected chi connectivity index (χ4v) is 1.29. The lowest BCUT2D eigenvalue weighted by atomic mass is 10.1. The van der Waals surface area contributed by atoms with E-state index < -0.39 is 24.0 Å². The predicted octanol–water partition coefficient (Wildman–Crippen LogP) is -0.0338. The van der Waals surface area contributed by atoms with Crippen LogP contribution in [0.2, 0.25) is 0 Å². The Labute approximate surface area is 109 Å². The number of aromatic hydroxyl groups is 1. The smallest absolute Gasteiger partial charge is 0.337 e. The summed E-state index contributed by atoms with van der Waals surface area (Å²) in [6.45, 7) is 0.568. The van der Waals surface area contributed by atoms with Crippen molar-refractivity contribution in [3.05, 3.63) is 23.8 Å². The number of para-hydroxylation sites is 1. The number of ether oxygens (including phenoxy) is 1. The molecular formula is C12H15NO6. The lowest BCUT2D eigenvalue weighted by Gasteiger charge is -2.18. The van der Waals surface area contributed by atoms with E-state index >= 15 is 0 Å². The molecule has 0 aliphatic rings. The highest BCUT2D eigenvalue weighted by Gasteiger charge is 2.30. The molecule has 7 heteroatoms. The summed E-state index contributed by atoms with van der Waals surface area (Å²) in [4.78, 5) is 22.4. The Morgan fingerprint density at radius 3 is 2.58 bits per heavy atom. The molecule has 4 N–H and O–H groups in total. The Morgan fingerprint density at radius 2 is 2.05 bits per heavy atom. The van der Waals surface area contributed by atoms with Gasteiger partial charge in [0.05, 0.1) is 19.2 Å². The third-order valence-corrected chi connectivity index (χ3v) is 2.52. The van der Waals surface area contributed by atoms with Crippen LogP contribution in [-0.4, -0.2) is 46.5 Å². The molecule has 0 bridgehead atoms. The van der Waals surface area contributed by atoms with Gasteiger partial charge in [0.15, 0.2) is 17.1 Å². The molecule has 0 aliphatic carbocycles. The third kappa shape index (κ3) is 3.35. The van der Waals surface area contributed by atoms with Gasteiger partial charge in [-0.3, -0.25) is 4.79 Å². The number of hydrogen-bond acceptors (Lipinski definition) is 5. The van der Waals surface area contributed by atoms with E-state index in [1.807, 2.05) is 0 Å². The van der Waals surface area contributed by atoms with Gasteiger partial charge >= 0.3 is 5.97 Å². The molecule has 0 aliphatic heterocycles. The number of amides is 1. The van der Waals surface area contributed by atoms with Gasteiger partial charge < -0.3 is 25.4 Å². The number of carboxylic acids is 1. The number of phenols is 1. The molecule has 104 valence electrons. The zero-order valence-corrected chi connectivity index (χ0v) is 10.5. The highest BCUT2D eigenvalue weighted by Crippen LogP contribution is 2.29. The normalized spacial score (nSPS) is 13.4. The Kier molecular flexibility index (Phi) is 4.34. The van der Waals surface area contributed by atoms with E-state index in [1.165, 1.54) is 25.3 Å². The van der Waals surface area contributed by atoms with Crippen LogP contribution in [0.5, 0.6) is 11.5 Å². The number of benzene rings is 1.